The van der Waals surface area contributed by atoms with E-state index in [0.717, 1.165) is 0 Å². The number of benzene rings is 2. The van der Waals surface area contributed by atoms with E-state index in [4.69, 9.17) is 0 Å². The molecule has 0 aromatic heterocycles. The van der Waals surface area contributed by atoms with Gasteiger partial charge in [0.15, 0.2) is 7.28 Å². The van der Waals surface area contributed by atoms with Crippen molar-refractivity contribution >= 4 is 18.2 Å². The second-order valence-electron chi connectivity index (χ2n) is 7.10. The predicted molar refractivity (Wildman–Crippen MR) is 87.9 cm³/mol. The van der Waals surface area contributed by atoms with Gasteiger partial charge in [0.05, 0.1) is 33.4 Å². The van der Waals surface area contributed by atoms with Gasteiger partial charge in [-0.2, -0.15) is 79.0 Å². The fourth-order valence-electron chi connectivity index (χ4n) is 3.03. The third kappa shape index (κ3) is 6.77. The molecule has 0 heterocycles. The summed E-state index contributed by atoms with van der Waals surface area (Å²) in [4.78, 5) is 0. The first-order valence-electron chi connectivity index (χ1n) is 8.79. The summed E-state index contributed by atoms with van der Waals surface area (Å²) < 4.78 is 239. The Morgan fingerprint density at radius 2 is 0.514 bits per heavy atom. The first-order chi connectivity index (χ1) is 16.1. The molecule has 2 rings (SSSR count). The van der Waals surface area contributed by atoms with Gasteiger partial charge in [-0.05, 0) is 24.3 Å². The molecule has 19 heteroatoms. The Bertz CT molecular complexity index is 993. The van der Waals surface area contributed by atoms with Gasteiger partial charge in [0.2, 0.25) is 0 Å². The van der Waals surface area contributed by atoms with E-state index in [1.165, 1.54) is 0 Å². The molecule has 37 heavy (non-hydrogen) atoms. The minimum absolute atomic E-state index is 0.994. The van der Waals surface area contributed by atoms with Crippen LogP contribution in [0.25, 0.3) is 0 Å². The molecule has 0 unspecified atom stereocenters. The molecule has 0 saturated carbocycles. The van der Waals surface area contributed by atoms with Crippen molar-refractivity contribution in [2.75, 3.05) is 0 Å². The molecule has 0 bridgehead atoms. The number of rotatable bonds is 2. The van der Waals surface area contributed by atoms with E-state index < -0.39 is 113 Å². The largest absolute Gasteiger partial charge is 0.416 e. The average Bonchev–Trinajstić information content (AvgIpc) is 2.62. The predicted octanol–water partition coefficient (Wildman–Crippen LogP) is 7.45. The van der Waals surface area contributed by atoms with Gasteiger partial charge >= 0.3 is 37.1 Å². The molecule has 0 N–H and O–H groups in total. The summed E-state index contributed by atoms with van der Waals surface area (Å²) in [7, 11) is -1.04. The molecular weight excluding hydrogens is 569 g/mol. The standard InChI is InChI=1S/C18H4BF18/c20-13(21,22)5-1-7(15(26,27)28)11(8(2-5)16(29,30)31)19-12-9(17(32,33)34)3-6(14(23,24)25)4-10(12)18(35,36)37/h1-4H. The molecule has 205 valence electrons. The first-order valence-corrected chi connectivity index (χ1v) is 8.79. The van der Waals surface area contributed by atoms with E-state index in [1.54, 1.807) is 0 Å². The lowest BCUT2D eigenvalue weighted by Gasteiger charge is -2.25. The second-order valence-corrected chi connectivity index (χ2v) is 7.10. The summed E-state index contributed by atoms with van der Waals surface area (Å²) in [6.45, 7) is 0. The Balaban J connectivity index is 3.12. The summed E-state index contributed by atoms with van der Waals surface area (Å²) in [5, 5.41) is 0. The van der Waals surface area contributed by atoms with Crippen LogP contribution in [-0.2, 0) is 37.1 Å². The quantitative estimate of drug-likeness (QED) is 0.259. The van der Waals surface area contributed by atoms with Crippen LogP contribution in [0.5, 0.6) is 0 Å². The van der Waals surface area contributed by atoms with Crippen molar-refractivity contribution in [3.8, 4) is 0 Å². The normalized spacial score (nSPS) is 14.2. The monoisotopic (exact) mass is 573 g/mol. The molecule has 0 saturated heterocycles. The molecule has 0 aliphatic carbocycles. The molecule has 2 aromatic rings. The van der Waals surface area contributed by atoms with Gasteiger partial charge < -0.3 is 0 Å². The molecule has 0 nitrogen and oxygen atoms in total. The van der Waals surface area contributed by atoms with Gasteiger partial charge in [-0.15, -0.1) is 0 Å². The maximum Gasteiger partial charge on any atom is 0.416 e. The fraction of sp³-hybridized carbons (Fsp3) is 0.333. The van der Waals surface area contributed by atoms with Gasteiger partial charge in [0, 0.05) is 0 Å². The number of halogens is 18. The Kier molecular flexibility index (Phi) is 7.35. The highest BCUT2D eigenvalue weighted by Gasteiger charge is 2.48. The van der Waals surface area contributed by atoms with Crippen LogP contribution in [0.3, 0.4) is 0 Å². The summed E-state index contributed by atoms with van der Waals surface area (Å²) in [6.07, 6.45) is -36.6. The van der Waals surface area contributed by atoms with Crippen molar-refractivity contribution in [3.05, 3.63) is 57.6 Å². The topological polar surface area (TPSA) is 0 Å². The van der Waals surface area contributed by atoms with Crippen molar-refractivity contribution in [2.24, 2.45) is 0 Å². The number of hydrogen-bond donors (Lipinski definition) is 0. The Morgan fingerprint density at radius 1 is 0.324 bits per heavy atom. The van der Waals surface area contributed by atoms with Crippen LogP contribution in [0.15, 0.2) is 24.3 Å². The van der Waals surface area contributed by atoms with Gasteiger partial charge in [0.25, 0.3) is 0 Å². The van der Waals surface area contributed by atoms with Crippen LogP contribution < -0.4 is 10.9 Å². The maximum atomic E-state index is 13.4. The zero-order valence-electron chi connectivity index (χ0n) is 16.7. The number of hydrogen-bond acceptors (Lipinski definition) is 0. The van der Waals surface area contributed by atoms with Crippen molar-refractivity contribution in [2.45, 2.75) is 37.1 Å². The molecule has 0 aliphatic heterocycles. The van der Waals surface area contributed by atoms with Crippen molar-refractivity contribution in [3.63, 3.8) is 0 Å². The molecular formula is C18H4BF18. The SMILES string of the molecule is FC(F)(F)c1cc(C(F)(F)F)c([B]c2c(C(F)(F)F)cc(C(F)(F)F)cc2C(F)(F)F)c(C(F)(F)F)c1. The van der Waals surface area contributed by atoms with E-state index in [1.807, 2.05) is 0 Å². The highest BCUT2D eigenvalue weighted by atomic mass is 19.4. The molecule has 0 fully saturated rings. The Labute approximate surface area is 193 Å². The van der Waals surface area contributed by atoms with Crippen LogP contribution >= 0.6 is 0 Å². The van der Waals surface area contributed by atoms with E-state index in [9.17, 15) is 79.0 Å². The summed E-state index contributed by atoms with van der Waals surface area (Å²) in [5.74, 6) is 0. The van der Waals surface area contributed by atoms with E-state index in [-0.39, 0.29) is 0 Å². The van der Waals surface area contributed by atoms with Crippen LogP contribution in [-0.4, -0.2) is 7.28 Å². The Hall–Kier alpha value is -2.76. The highest BCUT2D eigenvalue weighted by molar-refractivity contribution is 6.69. The molecule has 0 aliphatic rings. The summed E-state index contributed by atoms with van der Waals surface area (Å²) in [5.41, 5.74) is -22.3. The lowest BCUT2D eigenvalue weighted by Crippen LogP contribution is -2.44. The summed E-state index contributed by atoms with van der Waals surface area (Å²) >= 11 is 0. The van der Waals surface area contributed by atoms with E-state index in [2.05, 4.69) is 0 Å². The number of alkyl halides is 18. The molecule has 1 radical (unpaired) electrons. The van der Waals surface area contributed by atoms with Crippen LogP contribution in [0, 0.1) is 0 Å². The van der Waals surface area contributed by atoms with Crippen LogP contribution in [0.4, 0.5) is 79.0 Å². The zero-order valence-corrected chi connectivity index (χ0v) is 16.7. The first kappa shape index (κ1) is 30.5. The van der Waals surface area contributed by atoms with Crippen molar-refractivity contribution in [1.29, 1.82) is 0 Å². The van der Waals surface area contributed by atoms with Gasteiger partial charge in [0.1, 0.15) is 0 Å². The van der Waals surface area contributed by atoms with E-state index in [0.29, 0.717) is 0 Å². The maximum absolute atomic E-state index is 13.4. The third-order valence-electron chi connectivity index (χ3n) is 4.52. The smallest absolute Gasteiger partial charge is 0.166 e. The minimum atomic E-state index is -6.21. The molecule has 0 atom stereocenters. The second kappa shape index (κ2) is 8.92. The molecule has 0 amide bonds. The molecule has 2 aromatic carbocycles. The van der Waals surface area contributed by atoms with Crippen molar-refractivity contribution < 1.29 is 79.0 Å². The van der Waals surface area contributed by atoms with Crippen LogP contribution in [0.2, 0.25) is 0 Å². The van der Waals surface area contributed by atoms with Crippen LogP contribution in [0.1, 0.15) is 33.4 Å². The Morgan fingerprint density at radius 3 is 0.649 bits per heavy atom. The lowest BCUT2D eigenvalue weighted by molar-refractivity contribution is -0.149. The minimum Gasteiger partial charge on any atom is -0.166 e. The van der Waals surface area contributed by atoms with Gasteiger partial charge in [-0.25, -0.2) is 0 Å². The van der Waals surface area contributed by atoms with Gasteiger partial charge in [-0.1, -0.05) is 10.9 Å². The average molecular weight is 573 g/mol. The van der Waals surface area contributed by atoms with Crippen molar-refractivity contribution in [1.82, 2.24) is 0 Å². The van der Waals surface area contributed by atoms with Gasteiger partial charge in [-0.3, -0.25) is 0 Å². The highest BCUT2D eigenvalue weighted by Crippen LogP contribution is 2.42. The fourth-order valence-corrected chi connectivity index (χ4v) is 3.03. The lowest BCUT2D eigenvalue weighted by atomic mass is 9.57. The van der Waals surface area contributed by atoms with E-state index >= 15 is 0 Å². The zero-order chi connectivity index (χ0) is 29.2. The molecule has 0 spiro atoms. The third-order valence-corrected chi connectivity index (χ3v) is 4.52. The summed E-state index contributed by atoms with van der Waals surface area (Å²) in [6, 6.07) is -3.98.